The van der Waals surface area contributed by atoms with Crippen LogP contribution in [0.15, 0.2) is 30.3 Å². The van der Waals surface area contributed by atoms with Crippen LogP contribution in [-0.4, -0.2) is 25.7 Å². The normalized spacial score (nSPS) is 17.6. The van der Waals surface area contributed by atoms with Crippen LogP contribution >= 0.6 is 0 Å². The summed E-state index contributed by atoms with van der Waals surface area (Å²) in [6, 6.07) is 9.62. The van der Waals surface area contributed by atoms with Gasteiger partial charge >= 0.3 is 0 Å². The van der Waals surface area contributed by atoms with Crippen molar-refractivity contribution in [2.24, 2.45) is 11.7 Å². The Morgan fingerprint density at radius 1 is 1.40 bits per heavy atom. The molecule has 0 saturated heterocycles. The van der Waals surface area contributed by atoms with Crippen LogP contribution in [-0.2, 0) is 15.1 Å². The highest BCUT2D eigenvalue weighted by molar-refractivity contribution is 5.86. The molecule has 0 bridgehead atoms. The van der Waals surface area contributed by atoms with Gasteiger partial charge in [-0.05, 0) is 37.3 Å². The maximum absolute atomic E-state index is 12.1. The van der Waals surface area contributed by atoms with E-state index in [1.165, 1.54) is 12.8 Å². The molecule has 2 rings (SSSR count). The molecule has 1 aromatic rings. The van der Waals surface area contributed by atoms with E-state index in [9.17, 15) is 4.79 Å². The molecule has 1 fully saturated rings. The van der Waals surface area contributed by atoms with Crippen molar-refractivity contribution in [2.45, 2.75) is 31.7 Å². The van der Waals surface area contributed by atoms with Crippen LogP contribution in [0.1, 0.15) is 31.7 Å². The molecule has 1 atom stereocenters. The van der Waals surface area contributed by atoms with Crippen molar-refractivity contribution in [2.75, 3.05) is 19.8 Å². The highest BCUT2D eigenvalue weighted by Crippen LogP contribution is 2.30. The molecule has 20 heavy (non-hydrogen) atoms. The second-order valence-corrected chi connectivity index (χ2v) is 5.52. The summed E-state index contributed by atoms with van der Waals surface area (Å²) in [5, 5.41) is 3.29. The summed E-state index contributed by atoms with van der Waals surface area (Å²) in [6.07, 6.45) is 3.40. The van der Waals surface area contributed by atoms with Crippen LogP contribution in [0.25, 0.3) is 0 Å². The minimum Gasteiger partial charge on any atom is -0.378 e. The Bertz CT molecular complexity index is 431. The molecule has 1 aromatic carbocycles. The number of amides is 1. The number of benzene rings is 1. The largest absolute Gasteiger partial charge is 0.378 e. The number of carbonyl (C=O) groups is 1. The fourth-order valence-corrected chi connectivity index (χ4v) is 2.26. The van der Waals surface area contributed by atoms with Gasteiger partial charge in [-0.25, -0.2) is 0 Å². The smallest absolute Gasteiger partial charge is 0.244 e. The third kappa shape index (κ3) is 3.58. The molecule has 0 aromatic heterocycles. The van der Waals surface area contributed by atoms with Gasteiger partial charge in [0.25, 0.3) is 0 Å². The van der Waals surface area contributed by atoms with E-state index >= 15 is 0 Å². The summed E-state index contributed by atoms with van der Waals surface area (Å²) >= 11 is 0. The lowest BCUT2D eigenvalue weighted by Crippen LogP contribution is -2.56. The second kappa shape index (κ2) is 6.86. The molecule has 1 amide bonds. The minimum atomic E-state index is -0.924. The lowest BCUT2D eigenvalue weighted by molar-refractivity contribution is -0.127. The average Bonchev–Trinajstić information content (AvgIpc) is 3.27. The average molecular weight is 276 g/mol. The Balaban J connectivity index is 2.15. The molecule has 0 aliphatic heterocycles. The molecule has 1 aliphatic carbocycles. The quantitative estimate of drug-likeness (QED) is 0.723. The van der Waals surface area contributed by atoms with Crippen molar-refractivity contribution >= 4 is 5.91 Å². The number of primary amides is 1. The number of hydrogen-bond acceptors (Lipinski definition) is 3. The van der Waals surface area contributed by atoms with E-state index in [1.807, 2.05) is 30.3 Å². The molecular weight excluding hydrogens is 252 g/mol. The van der Waals surface area contributed by atoms with Gasteiger partial charge in [-0.1, -0.05) is 37.3 Å². The van der Waals surface area contributed by atoms with Gasteiger partial charge in [-0.2, -0.15) is 0 Å². The zero-order valence-corrected chi connectivity index (χ0v) is 12.1. The highest BCUT2D eigenvalue weighted by Gasteiger charge is 2.38. The van der Waals surface area contributed by atoms with E-state index in [4.69, 9.17) is 10.5 Å². The zero-order valence-electron chi connectivity index (χ0n) is 12.1. The maximum atomic E-state index is 12.1. The van der Waals surface area contributed by atoms with Gasteiger partial charge in [0.2, 0.25) is 5.91 Å². The van der Waals surface area contributed by atoms with Crippen LogP contribution in [0.5, 0.6) is 0 Å². The first kappa shape index (κ1) is 15.0. The minimum absolute atomic E-state index is 0.294. The van der Waals surface area contributed by atoms with Crippen molar-refractivity contribution in [3.63, 3.8) is 0 Å². The number of nitrogens with one attached hydrogen (secondary N) is 1. The molecule has 1 aliphatic rings. The van der Waals surface area contributed by atoms with Gasteiger partial charge in [-0.15, -0.1) is 0 Å². The first-order valence-corrected chi connectivity index (χ1v) is 7.37. The highest BCUT2D eigenvalue weighted by atomic mass is 16.5. The van der Waals surface area contributed by atoms with Crippen LogP contribution in [0.3, 0.4) is 0 Å². The number of ether oxygens (including phenoxy) is 1. The molecule has 0 heterocycles. The molecule has 4 nitrogen and oxygen atoms in total. The number of carbonyl (C=O) groups excluding carboxylic acids is 1. The topological polar surface area (TPSA) is 64.3 Å². The van der Waals surface area contributed by atoms with Crippen LogP contribution < -0.4 is 11.1 Å². The predicted molar refractivity (Wildman–Crippen MR) is 79.2 cm³/mol. The first-order valence-electron chi connectivity index (χ1n) is 7.37. The van der Waals surface area contributed by atoms with Crippen molar-refractivity contribution in [1.29, 1.82) is 0 Å². The summed E-state index contributed by atoms with van der Waals surface area (Å²) in [5.41, 5.74) is 5.64. The Morgan fingerprint density at radius 2 is 2.10 bits per heavy atom. The van der Waals surface area contributed by atoms with Gasteiger partial charge in [0.05, 0.1) is 6.61 Å². The lowest BCUT2D eigenvalue weighted by atomic mass is 9.89. The lowest BCUT2D eigenvalue weighted by Gasteiger charge is -2.32. The summed E-state index contributed by atoms with van der Waals surface area (Å²) in [7, 11) is 0. The fraction of sp³-hybridized carbons (Fsp3) is 0.562. The van der Waals surface area contributed by atoms with E-state index < -0.39 is 5.54 Å². The second-order valence-electron chi connectivity index (χ2n) is 5.52. The molecule has 4 heteroatoms. The SMILES string of the molecule is CCCNC(COCC1CC1)(C(N)=O)c1ccccc1. The van der Waals surface area contributed by atoms with Crippen molar-refractivity contribution < 1.29 is 9.53 Å². The van der Waals surface area contributed by atoms with Gasteiger partial charge in [-0.3, -0.25) is 10.1 Å². The Labute approximate surface area is 120 Å². The van der Waals surface area contributed by atoms with E-state index in [0.717, 1.165) is 25.1 Å². The van der Waals surface area contributed by atoms with E-state index in [-0.39, 0.29) is 5.91 Å². The van der Waals surface area contributed by atoms with E-state index in [0.29, 0.717) is 12.5 Å². The monoisotopic (exact) mass is 276 g/mol. The summed E-state index contributed by atoms with van der Waals surface area (Å²) < 4.78 is 5.77. The number of hydrogen-bond donors (Lipinski definition) is 2. The zero-order chi connectivity index (χ0) is 14.4. The van der Waals surface area contributed by atoms with Gasteiger partial charge in [0.15, 0.2) is 0 Å². The third-order valence-corrected chi connectivity index (χ3v) is 3.73. The van der Waals surface area contributed by atoms with Crippen LogP contribution in [0.2, 0.25) is 0 Å². The molecule has 0 radical (unpaired) electrons. The summed E-state index contributed by atoms with van der Waals surface area (Å²) in [5.74, 6) is 0.287. The van der Waals surface area contributed by atoms with Gasteiger partial charge in [0, 0.05) is 6.61 Å². The standard InChI is InChI=1S/C16H24N2O2/c1-2-10-18-16(15(17)19,12-20-11-13-8-9-13)14-6-4-3-5-7-14/h3-7,13,18H,2,8-12H2,1H3,(H2,17,19). The molecule has 3 N–H and O–H groups in total. The number of nitrogens with two attached hydrogens (primary N) is 1. The van der Waals surface area contributed by atoms with Crippen molar-refractivity contribution in [3.05, 3.63) is 35.9 Å². The van der Waals surface area contributed by atoms with Gasteiger partial charge in [0.1, 0.15) is 5.54 Å². The third-order valence-electron chi connectivity index (χ3n) is 3.73. The van der Waals surface area contributed by atoms with Gasteiger partial charge < -0.3 is 10.5 Å². The van der Waals surface area contributed by atoms with E-state index in [1.54, 1.807) is 0 Å². The summed E-state index contributed by atoms with van der Waals surface area (Å²) in [6.45, 7) is 3.80. The predicted octanol–water partition coefficient (Wildman–Crippen LogP) is 1.79. The number of rotatable bonds is 9. The van der Waals surface area contributed by atoms with Crippen molar-refractivity contribution in [3.8, 4) is 0 Å². The molecule has 1 unspecified atom stereocenters. The van der Waals surface area contributed by atoms with Crippen LogP contribution in [0.4, 0.5) is 0 Å². The van der Waals surface area contributed by atoms with Crippen molar-refractivity contribution in [1.82, 2.24) is 5.32 Å². The molecule has 0 spiro atoms. The Morgan fingerprint density at radius 3 is 2.65 bits per heavy atom. The maximum Gasteiger partial charge on any atom is 0.244 e. The molecule has 110 valence electrons. The molecular formula is C16H24N2O2. The Kier molecular flexibility index (Phi) is 5.15. The molecule has 1 saturated carbocycles. The van der Waals surface area contributed by atoms with Crippen LogP contribution in [0, 0.1) is 5.92 Å². The Hall–Kier alpha value is -1.39. The summed E-state index contributed by atoms with van der Waals surface area (Å²) in [4.78, 5) is 12.1. The first-order chi connectivity index (χ1) is 9.69. The fourth-order valence-electron chi connectivity index (χ4n) is 2.26. The van der Waals surface area contributed by atoms with E-state index in [2.05, 4.69) is 12.2 Å².